The maximum Gasteiger partial charge on any atom is 0.135 e. The molecule has 0 fully saturated rings. The van der Waals surface area contributed by atoms with Crippen molar-refractivity contribution >= 4 is 17.2 Å². The summed E-state index contributed by atoms with van der Waals surface area (Å²) in [6, 6.07) is 10.4. The summed E-state index contributed by atoms with van der Waals surface area (Å²) in [5.74, 6) is 0.438. The van der Waals surface area contributed by atoms with Crippen LogP contribution in [0.15, 0.2) is 30.3 Å². The van der Waals surface area contributed by atoms with E-state index in [0.29, 0.717) is 5.92 Å². The Morgan fingerprint density at radius 2 is 1.95 bits per heavy atom. The summed E-state index contributed by atoms with van der Waals surface area (Å²) < 4.78 is 0. The second kappa shape index (κ2) is 5.97. The van der Waals surface area contributed by atoms with Gasteiger partial charge in [0.05, 0.1) is 15.6 Å². The summed E-state index contributed by atoms with van der Waals surface area (Å²) in [6.07, 6.45) is 1.88. The molecule has 0 saturated heterocycles. The van der Waals surface area contributed by atoms with Gasteiger partial charge in [-0.25, -0.2) is 4.98 Å². The Balaban J connectivity index is 2.13. The van der Waals surface area contributed by atoms with Crippen LogP contribution in [0.4, 0.5) is 0 Å². The number of hydrogen-bond donors (Lipinski definition) is 2. The summed E-state index contributed by atoms with van der Waals surface area (Å²) in [5, 5.41) is 8.69. The average molecular weight is 273 g/mol. The lowest BCUT2D eigenvalue weighted by Gasteiger charge is -2.02. The van der Waals surface area contributed by atoms with Gasteiger partial charge in [0, 0.05) is 6.42 Å². The van der Waals surface area contributed by atoms with Gasteiger partial charge in [0.15, 0.2) is 0 Å². The number of benzene rings is 1. The molecule has 1 aromatic carbocycles. The lowest BCUT2D eigenvalue weighted by Crippen LogP contribution is -2.12. The van der Waals surface area contributed by atoms with Crippen LogP contribution in [0.25, 0.3) is 0 Å². The van der Waals surface area contributed by atoms with Crippen molar-refractivity contribution in [3.63, 3.8) is 0 Å². The van der Waals surface area contributed by atoms with Crippen LogP contribution in [-0.2, 0) is 12.8 Å². The zero-order valence-electron chi connectivity index (χ0n) is 11.3. The lowest BCUT2D eigenvalue weighted by molar-refractivity contribution is 0.814. The SMILES string of the molecule is CC(C)c1nc(CCc2ccccc2)sc1C(=N)N. The van der Waals surface area contributed by atoms with Crippen LogP contribution in [0.3, 0.4) is 0 Å². The van der Waals surface area contributed by atoms with Gasteiger partial charge in [-0.2, -0.15) is 0 Å². The molecule has 0 radical (unpaired) electrons. The normalized spacial score (nSPS) is 10.9. The van der Waals surface area contributed by atoms with E-state index >= 15 is 0 Å². The lowest BCUT2D eigenvalue weighted by atomic mass is 10.1. The molecular weight excluding hydrogens is 254 g/mol. The summed E-state index contributed by atoms with van der Waals surface area (Å²) in [7, 11) is 0. The van der Waals surface area contributed by atoms with Gasteiger partial charge in [-0.05, 0) is 17.9 Å². The Morgan fingerprint density at radius 3 is 2.47 bits per heavy atom. The van der Waals surface area contributed by atoms with Crippen LogP contribution < -0.4 is 5.73 Å². The van der Waals surface area contributed by atoms with Crippen molar-refractivity contribution in [1.82, 2.24) is 4.98 Å². The zero-order valence-corrected chi connectivity index (χ0v) is 12.1. The summed E-state index contributed by atoms with van der Waals surface area (Å²) in [6.45, 7) is 4.17. The molecule has 0 saturated carbocycles. The molecule has 0 amide bonds. The molecule has 2 aromatic rings. The molecule has 0 aliphatic carbocycles. The average Bonchev–Trinajstić information content (AvgIpc) is 2.82. The summed E-state index contributed by atoms with van der Waals surface area (Å²) >= 11 is 1.55. The molecule has 19 heavy (non-hydrogen) atoms. The monoisotopic (exact) mass is 273 g/mol. The van der Waals surface area contributed by atoms with Gasteiger partial charge in [0.2, 0.25) is 0 Å². The zero-order chi connectivity index (χ0) is 13.8. The van der Waals surface area contributed by atoms with Crippen molar-refractivity contribution in [2.45, 2.75) is 32.6 Å². The van der Waals surface area contributed by atoms with E-state index < -0.39 is 0 Å². The van der Waals surface area contributed by atoms with E-state index in [1.165, 1.54) is 5.56 Å². The first-order chi connectivity index (χ1) is 9.08. The van der Waals surface area contributed by atoms with Crippen molar-refractivity contribution in [2.75, 3.05) is 0 Å². The molecule has 100 valence electrons. The van der Waals surface area contributed by atoms with Gasteiger partial charge in [-0.1, -0.05) is 44.2 Å². The Kier molecular flexibility index (Phi) is 4.32. The van der Waals surface area contributed by atoms with E-state index in [4.69, 9.17) is 11.1 Å². The number of amidine groups is 1. The third-order valence-corrected chi connectivity index (χ3v) is 4.12. The van der Waals surface area contributed by atoms with Crippen molar-refractivity contribution in [2.24, 2.45) is 5.73 Å². The van der Waals surface area contributed by atoms with Crippen LogP contribution in [0.2, 0.25) is 0 Å². The Labute approximate surface area is 118 Å². The number of nitrogens with one attached hydrogen (secondary N) is 1. The minimum absolute atomic E-state index is 0.132. The predicted molar refractivity (Wildman–Crippen MR) is 81.1 cm³/mol. The maximum absolute atomic E-state index is 7.63. The molecule has 4 heteroatoms. The highest BCUT2D eigenvalue weighted by Gasteiger charge is 2.16. The van der Waals surface area contributed by atoms with E-state index in [0.717, 1.165) is 28.4 Å². The standard InChI is InChI=1S/C15H19N3S/c1-10(2)13-14(15(16)17)19-12(18-13)9-8-11-6-4-3-5-7-11/h3-7,10H,8-9H2,1-2H3,(H3,16,17). The van der Waals surface area contributed by atoms with E-state index in [-0.39, 0.29) is 5.84 Å². The largest absolute Gasteiger partial charge is 0.383 e. The Morgan fingerprint density at radius 1 is 1.26 bits per heavy atom. The second-order valence-electron chi connectivity index (χ2n) is 4.88. The first-order valence-corrected chi connectivity index (χ1v) is 7.27. The number of nitrogens with zero attached hydrogens (tertiary/aromatic N) is 1. The molecule has 2 rings (SSSR count). The molecular formula is C15H19N3S. The number of aryl methyl sites for hydroxylation is 2. The topological polar surface area (TPSA) is 62.8 Å². The predicted octanol–water partition coefficient (Wildman–Crippen LogP) is 3.34. The van der Waals surface area contributed by atoms with Crippen LogP contribution in [0, 0.1) is 5.41 Å². The van der Waals surface area contributed by atoms with Crippen LogP contribution in [-0.4, -0.2) is 10.8 Å². The van der Waals surface area contributed by atoms with Gasteiger partial charge < -0.3 is 5.73 Å². The van der Waals surface area contributed by atoms with Gasteiger partial charge in [-0.15, -0.1) is 11.3 Å². The third kappa shape index (κ3) is 3.41. The smallest absolute Gasteiger partial charge is 0.135 e. The van der Waals surface area contributed by atoms with E-state index in [2.05, 4.69) is 43.1 Å². The van der Waals surface area contributed by atoms with Gasteiger partial charge >= 0.3 is 0 Å². The Hall–Kier alpha value is -1.68. The molecule has 0 aliphatic heterocycles. The van der Waals surface area contributed by atoms with Gasteiger partial charge in [0.25, 0.3) is 0 Å². The fourth-order valence-electron chi connectivity index (χ4n) is 1.97. The van der Waals surface area contributed by atoms with Crippen LogP contribution in [0.1, 0.15) is 40.9 Å². The van der Waals surface area contributed by atoms with Crippen molar-refractivity contribution in [3.05, 3.63) is 51.5 Å². The molecule has 1 heterocycles. The second-order valence-corrected chi connectivity index (χ2v) is 5.96. The van der Waals surface area contributed by atoms with E-state index in [9.17, 15) is 0 Å². The maximum atomic E-state index is 7.63. The molecule has 0 bridgehead atoms. The molecule has 0 atom stereocenters. The highest BCUT2D eigenvalue weighted by molar-refractivity contribution is 7.13. The molecule has 3 N–H and O–H groups in total. The number of aromatic nitrogens is 1. The summed E-state index contributed by atoms with van der Waals surface area (Å²) in [5.41, 5.74) is 7.90. The van der Waals surface area contributed by atoms with Crippen LogP contribution in [0.5, 0.6) is 0 Å². The van der Waals surface area contributed by atoms with E-state index in [1.54, 1.807) is 11.3 Å². The minimum Gasteiger partial charge on any atom is -0.383 e. The Bertz CT molecular complexity index is 558. The van der Waals surface area contributed by atoms with E-state index in [1.807, 2.05) is 6.07 Å². The fraction of sp³-hybridized carbons (Fsp3) is 0.333. The highest BCUT2D eigenvalue weighted by atomic mass is 32.1. The first kappa shape index (κ1) is 13.7. The highest BCUT2D eigenvalue weighted by Crippen LogP contribution is 2.25. The molecule has 1 aromatic heterocycles. The number of rotatable bonds is 5. The van der Waals surface area contributed by atoms with Gasteiger partial charge in [-0.3, -0.25) is 5.41 Å². The number of thiazole rings is 1. The van der Waals surface area contributed by atoms with Crippen molar-refractivity contribution in [3.8, 4) is 0 Å². The summed E-state index contributed by atoms with van der Waals surface area (Å²) in [4.78, 5) is 5.48. The first-order valence-electron chi connectivity index (χ1n) is 6.46. The number of nitrogens with two attached hydrogens (primary N) is 1. The quantitative estimate of drug-likeness (QED) is 0.648. The minimum atomic E-state index is 0.132. The van der Waals surface area contributed by atoms with Crippen LogP contribution >= 0.6 is 11.3 Å². The van der Waals surface area contributed by atoms with Crippen molar-refractivity contribution in [1.29, 1.82) is 5.41 Å². The molecule has 0 unspecified atom stereocenters. The van der Waals surface area contributed by atoms with Gasteiger partial charge in [0.1, 0.15) is 5.84 Å². The number of nitrogen functional groups attached to an aromatic ring is 1. The number of hydrogen-bond acceptors (Lipinski definition) is 3. The van der Waals surface area contributed by atoms with Crippen molar-refractivity contribution < 1.29 is 0 Å². The molecule has 0 aliphatic rings. The molecule has 3 nitrogen and oxygen atoms in total. The fourth-order valence-corrected chi connectivity index (χ4v) is 3.04. The third-order valence-electron chi connectivity index (χ3n) is 2.96. The molecule has 0 spiro atoms.